The van der Waals surface area contributed by atoms with Crippen LogP contribution in [0.3, 0.4) is 0 Å². The fourth-order valence-corrected chi connectivity index (χ4v) is 4.59. The van der Waals surface area contributed by atoms with Crippen molar-refractivity contribution in [2.24, 2.45) is 0 Å². The summed E-state index contributed by atoms with van der Waals surface area (Å²) in [6, 6.07) is 15.0. The highest BCUT2D eigenvalue weighted by atomic mass is 32.2. The molecule has 1 heterocycles. The molecule has 0 bridgehead atoms. The molecule has 1 aromatic heterocycles. The average molecular weight is 599 g/mol. The molecule has 0 aliphatic carbocycles. The predicted molar refractivity (Wildman–Crippen MR) is 134 cm³/mol. The highest BCUT2D eigenvalue weighted by Crippen LogP contribution is 2.32. The van der Waals surface area contributed by atoms with Crippen molar-refractivity contribution in [2.75, 3.05) is 5.32 Å². The summed E-state index contributed by atoms with van der Waals surface area (Å²) in [4.78, 5) is 13.6. The molecule has 4 rings (SSSR count). The Balaban J connectivity index is 1.47. The molecule has 0 spiro atoms. The quantitative estimate of drug-likeness (QED) is 0.170. The Hall–Kier alpha value is -4.46. The van der Waals surface area contributed by atoms with Crippen molar-refractivity contribution in [1.82, 2.24) is 4.90 Å². The normalized spacial score (nSPS) is 12.1. The maximum Gasteiger partial charge on any atom is 0.416 e. The third-order valence-electron chi connectivity index (χ3n) is 5.63. The molecule has 14 heteroatoms. The fraction of sp³-hybridized carbons (Fsp3) is 0.148. The van der Waals surface area contributed by atoms with Gasteiger partial charge in [-0.3, -0.25) is 0 Å². The minimum atomic E-state index is -4.74. The van der Waals surface area contributed by atoms with Crippen LogP contribution in [0.5, 0.6) is 5.75 Å². The lowest BCUT2D eigenvalue weighted by Gasteiger charge is -2.22. The lowest BCUT2D eigenvalue weighted by atomic mass is 10.2. The highest BCUT2D eigenvalue weighted by molar-refractivity contribution is 7.87. The number of carbonyl (C=O) groups is 1. The summed E-state index contributed by atoms with van der Waals surface area (Å²) in [5, 5.41) is 2.52. The van der Waals surface area contributed by atoms with Crippen LogP contribution in [0.1, 0.15) is 22.5 Å². The minimum absolute atomic E-state index is 0.0123. The fourth-order valence-electron chi connectivity index (χ4n) is 3.61. The summed E-state index contributed by atoms with van der Waals surface area (Å²) >= 11 is 0. The Morgan fingerprint density at radius 3 is 2.05 bits per heavy atom. The van der Waals surface area contributed by atoms with Crippen LogP contribution in [0.25, 0.3) is 0 Å². The first-order chi connectivity index (χ1) is 19.2. The van der Waals surface area contributed by atoms with Crippen molar-refractivity contribution in [2.45, 2.75) is 30.3 Å². The number of halogens is 6. The molecule has 0 aliphatic heterocycles. The van der Waals surface area contributed by atoms with Gasteiger partial charge < -0.3 is 18.8 Å². The van der Waals surface area contributed by atoms with Gasteiger partial charge in [0.05, 0.1) is 23.9 Å². The van der Waals surface area contributed by atoms with Crippen LogP contribution in [-0.4, -0.2) is 19.3 Å². The number of urea groups is 1. The first-order valence-corrected chi connectivity index (χ1v) is 13.1. The monoisotopic (exact) mass is 598 g/mol. The second kappa shape index (κ2) is 11.6. The lowest BCUT2D eigenvalue weighted by molar-refractivity contribution is -0.138. The molecule has 0 unspecified atom stereocenters. The van der Waals surface area contributed by atoms with Crippen LogP contribution in [-0.2, 0) is 35.6 Å². The van der Waals surface area contributed by atoms with E-state index in [1.54, 1.807) is 12.1 Å². The first kappa shape index (κ1) is 29.5. The molecule has 3 aromatic carbocycles. The molecule has 0 radical (unpaired) electrons. The van der Waals surface area contributed by atoms with Gasteiger partial charge in [0.2, 0.25) is 0 Å². The van der Waals surface area contributed by atoms with E-state index < -0.39 is 44.5 Å². The van der Waals surface area contributed by atoms with Crippen molar-refractivity contribution in [3.8, 4) is 5.75 Å². The summed E-state index contributed by atoms with van der Waals surface area (Å²) in [6.45, 7) is -0.0462. The standard InChI is InChI=1S/C27H20F6N2O5S/c28-26(29,30)19-8-10-21(11-9-19)34-25(36)35(17-23-4-2-14-39-23)16-18-6-12-22(13-7-18)40-41(37,38)24-5-1-3-20(15-24)27(31,32)33/h1-15H,16-17H2,(H,34,36). The van der Waals surface area contributed by atoms with Crippen molar-refractivity contribution in [1.29, 1.82) is 0 Å². The lowest BCUT2D eigenvalue weighted by Crippen LogP contribution is -2.34. The van der Waals surface area contributed by atoms with Crippen LogP contribution in [0.4, 0.5) is 36.8 Å². The smallest absolute Gasteiger partial charge is 0.416 e. The zero-order valence-corrected chi connectivity index (χ0v) is 21.6. The number of alkyl halides is 6. The Kier molecular flexibility index (Phi) is 8.33. The van der Waals surface area contributed by atoms with E-state index in [-0.39, 0.29) is 24.5 Å². The van der Waals surface area contributed by atoms with E-state index in [2.05, 4.69) is 5.32 Å². The number of furan rings is 1. The maximum atomic E-state index is 13.0. The first-order valence-electron chi connectivity index (χ1n) is 11.7. The van der Waals surface area contributed by atoms with E-state index in [1.165, 1.54) is 35.4 Å². The molecular formula is C27H20F6N2O5S. The van der Waals surface area contributed by atoms with Crippen LogP contribution >= 0.6 is 0 Å². The van der Waals surface area contributed by atoms with E-state index in [0.29, 0.717) is 17.4 Å². The molecule has 41 heavy (non-hydrogen) atoms. The number of nitrogens with one attached hydrogen (secondary N) is 1. The second-order valence-electron chi connectivity index (χ2n) is 8.65. The van der Waals surface area contributed by atoms with Gasteiger partial charge in [-0.25, -0.2) is 4.79 Å². The molecule has 0 saturated heterocycles. The molecule has 216 valence electrons. The van der Waals surface area contributed by atoms with Crippen LogP contribution in [0, 0.1) is 0 Å². The summed E-state index contributed by atoms with van der Waals surface area (Å²) in [5.41, 5.74) is -1.40. The van der Waals surface area contributed by atoms with E-state index in [0.717, 1.165) is 42.5 Å². The van der Waals surface area contributed by atoms with Crippen molar-refractivity contribution in [3.05, 3.63) is 114 Å². The second-order valence-corrected chi connectivity index (χ2v) is 10.2. The molecule has 0 saturated carbocycles. The average Bonchev–Trinajstić information content (AvgIpc) is 3.42. The van der Waals surface area contributed by atoms with Crippen LogP contribution in [0.15, 0.2) is 101 Å². The number of nitrogens with zero attached hydrogens (tertiary/aromatic N) is 1. The molecule has 7 nitrogen and oxygen atoms in total. The number of anilines is 1. The number of rotatable bonds is 8. The highest BCUT2D eigenvalue weighted by Gasteiger charge is 2.32. The molecule has 0 atom stereocenters. The largest absolute Gasteiger partial charge is 0.467 e. The Bertz CT molecular complexity index is 1590. The zero-order chi connectivity index (χ0) is 29.8. The Morgan fingerprint density at radius 2 is 1.46 bits per heavy atom. The topological polar surface area (TPSA) is 88.9 Å². The van der Waals surface area contributed by atoms with Gasteiger partial charge in [0, 0.05) is 12.2 Å². The van der Waals surface area contributed by atoms with Gasteiger partial charge in [0.25, 0.3) is 0 Å². The molecule has 1 N–H and O–H groups in total. The summed E-state index contributed by atoms with van der Waals surface area (Å²) in [7, 11) is -4.58. The van der Waals surface area contributed by atoms with Gasteiger partial charge in [-0.2, -0.15) is 34.8 Å². The number of amides is 2. The summed E-state index contributed by atoms with van der Waals surface area (Å²) < 4.78 is 113. The Morgan fingerprint density at radius 1 is 0.805 bits per heavy atom. The van der Waals surface area contributed by atoms with E-state index >= 15 is 0 Å². The maximum absolute atomic E-state index is 13.0. The molecule has 0 aliphatic rings. The zero-order valence-electron chi connectivity index (χ0n) is 20.7. The van der Waals surface area contributed by atoms with Crippen LogP contribution < -0.4 is 9.50 Å². The number of carbonyl (C=O) groups excluding carboxylic acids is 1. The molecular weight excluding hydrogens is 578 g/mol. The number of benzene rings is 3. The van der Waals surface area contributed by atoms with Crippen molar-refractivity contribution >= 4 is 21.8 Å². The third-order valence-corrected chi connectivity index (χ3v) is 6.87. The SMILES string of the molecule is O=C(Nc1ccc(C(F)(F)F)cc1)N(Cc1ccc(OS(=O)(=O)c2cccc(C(F)(F)F)c2)cc1)Cc1ccco1. The van der Waals surface area contributed by atoms with Gasteiger partial charge >= 0.3 is 28.5 Å². The van der Waals surface area contributed by atoms with Gasteiger partial charge in [-0.15, -0.1) is 0 Å². The predicted octanol–water partition coefficient (Wildman–Crippen LogP) is 7.32. The summed E-state index contributed by atoms with van der Waals surface area (Å²) in [6.07, 6.45) is -7.87. The number of hydrogen-bond donors (Lipinski definition) is 1. The summed E-state index contributed by atoms with van der Waals surface area (Å²) in [5.74, 6) is 0.234. The number of hydrogen-bond acceptors (Lipinski definition) is 5. The third kappa shape index (κ3) is 7.81. The molecule has 2 amide bonds. The van der Waals surface area contributed by atoms with Gasteiger partial charge in [-0.1, -0.05) is 18.2 Å². The van der Waals surface area contributed by atoms with Gasteiger partial charge in [0.15, 0.2) is 0 Å². The van der Waals surface area contributed by atoms with Crippen molar-refractivity contribution in [3.63, 3.8) is 0 Å². The van der Waals surface area contributed by atoms with Crippen molar-refractivity contribution < 1.29 is 48.2 Å². The van der Waals surface area contributed by atoms with Crippen LogP contribution in [0.2, 0.25) is 0 Å². The van der Waals surface area contributed by atoms with E-state index in [4.69, 9.17) is 8.60 Å². The van der Waals surface area contributed by atoms with Gasteiger partial charge in [-0.05, 0) is 72.3 Å². The van der Waals surface area contributed by atoms with Gasteiger partial charge in [0.1, 0.15) is 16.4 Å². The molecule has 0 fully saturated rings. The Labute approximate surface area is 230 Å². The van der Waals surface area contributed by atoms with E-state index in [9.17, 15) is 39.6 Å². The molecule has 4 aromatic rings. The minimum Gasteiger partial charge on any atom is -0.467 e. The van der Waals surface area contributed by atoms with E-state index in [1.807, 2.05) is 0 Å².